The second-order valence-corrected chi connectivity index (χ2v) is 8.48. The van der Waals surface area contributed by atoms with Crippen LogP contribution < -0.4 is 5.32 Å². The molecule has 5 nitrogen and oxygen atoms in total. The maximum Gasteiger partial charge on any atom is 0.407 e. The van der Waals surface area contributed by atoms with Gasteiger partial charge in [-0.1, -0.05) is 66.7 Å². The van der Waals surface area contributed by atoms with E-state index in [-0.39, 0.29) is 12.5 Å². The van der Waals surface area contributed by atoms with Gasteiger partial charge in [0.05, 0.1) is 0 Å². The number of alkyl carbamates (subject to hydrolysis) is 1. The van der Waals surface area contributed by atoms with E-state index < -0.39 is 18.1 Å². The molecule has 1 atom stereocenters. The number of hydrogen-bond acceptors (Lipinski definition) is 4. The van der Waals surface area contributed by atoms with Gasteiger partial charge in [0.1, 0.15) is 12.6 Å². The van der Waals surface area contributed by atoms with Gasteiger partial charge in [-0.3, -0.25) is 0 Å². The van der Waals surface area contributed by atoms with E-state index in [4.69, 9.17) is 4.74 Å². The van der Waals surface area contributed by atoms with Crippen LogP contribution in [0.4, 0.5) is 4.79 Å². The van der Waals surface area contributed by atoms with Crippen LogP contribution in [0.15, 0.2) is 83.8 Å². The number of carboxylic acid groups (broad SMARTS) is 1. The highest BCUT2D eigenvalue weighted by atomic mass is 32.2. The third-order valence-electron chi connectivity index (χ3n) is 5.35. The van der Waals surface area contributed by atoms with Crippen LogP contribution in [-0.4, -0.2) is 35.6 Å². The van der Waals surface area contributed by atoms with Gasteiger partial charge in [0, 0.05) is 16.6 Å². The minimum atomic E-state index is -1.07. The first-order valence-electron chi connectivity index (χ1n) is 10.2. The van der Waals surface area contributed by atoms with Crippen LogP contribution in [-0.2, 0) is 9.53 Å². The predicted molar refractivity (Wildman–Crippen MR) is 121 cm³/mol. The molecule has 0 heterocycles. The highest BCUT2D eigenvalue weighted by Gasteiger charge is 2.29. The summed E-state index contributed by atoms with van der Waals surface area (Å²) in [7, 11) is 0. The fourth-order valence-electron chi connectivity index (χ4n) is 3.85. The Labute approximate surface area is 185 Å². The van der Waals surface area contributed by atoms with Crippen molar-refractivity contribution in [1.82, 2.24) is 5.32 Å². The molecule has 3 aromatic rings. The summed E-state index contributed by atoms with van der Waals surface area (Å²) in [5, 5.41) is 12.0. The summed E-state index contributed by atoms with van der Waals surface area (Å²) in [5.41, 5.74) is 4.53. The molecule has 3 aromatic carbocycles. The molecule has 158 valence electrons. The monoisotopic (exact) mass is 433 g/mol. The van der Waals surface area contributed by atoms with E-state index in [0.717, 1.165) is 27.1 Å². The molecule has 0 radical (unpaired) electrons. The Bertz CT molecular complexity index is 1020. The molecule has 0 unspecified atom stereocenters. The molecule has 1 aliphatic rings. The molecule has 2 N–H and O–H groups in total. The van der Waals surface area contributed by atoms with E-state index in [1.54, 1.807) is 11.8 Å². The quantitative estimate of drug-likeness (QED) is 0.480. The molecule has 0 saturated heterocycles. The van der Waals surface area contributed by atoms with Crippen molar-refractivity contribution in [2.24, 2.45) is 0 Å². The third kappa shape index (κ3) is 4.91. The molecule has 4 rings (SSSR count). The molecule has 0 aliphatic heterocycles. The van der Waals surface area contributed by atoms with Crippen LogP contribution in [0.3, 0.4) is 0 Å². The zero-order valence-corrected chi connectivity index (χ0v) is 17.7. The first-order valence-corrected chi connectivity index (χ1v) is 11.1. The zero-order valence-electron chi connectivity index (χ0n) is 16.9. The number of ether oxygens (including phenoxy) is 1. The SMILES string of the molecule is O=C(N[C@H](CCSc1ccccc1)C(=O)O)OCC1c2ccccc2-c2ccccc21. The molecule has 31 heavy (non-hydrogen) atoms. The number of thioether (sulfide) groups is 1. The number of carbonyl (C=O) groups is 2. The van der Waals surface area contributed by atoms with Gasteiger partial charge in [0.2, 0.25) is 0 Å². The van der Waals surface area contributed by atoms with E-state index in [1.807, 2.05) is 66.7 Å². The molecule has 0 saturated carbocycles. The second kappa shape index (κ2) is 9.71. The number of aliphatic carboxylic acids is 1. The number of nitrogens with one attached hydrogen (secondary N) is 1. The number of benzene rings is 3. The summed E-state index contributed by atoms with van der Waals surface area (Å²) in [6.45, 7) is 0.158. The van der Waals surface area contributed by atoms with Crippen molar-refractivity contribution in [1.29, 1.82) is 0 Å². The lowest BCUT2D eigenvalue weighted by molar-refractivity contribution is -0.139. The Morgan fingerprint density at radius 1 is 0.903 bits per heavy atom. The van der Waals surface area contributed by atoms with Gasteiger partial charge in [-0.25, -0.2) is 9.59 Å². The van der Waals surface area contributed by atoms with Gasteiger partial charge < -0.3 is 15.2 Å². The van der Waals surface area contributed by atoms with Crippen molar-refractivity contribution in [3.05, 3.63) is 90.0 Å². The minimum Gasteiger partial charge on any atom is -0.480 e. The summed E-state index contributed by atoms with van der Waals surface area (Å²) < 4.78 is 5.46. The van der Waals surface area contributed by atoms with Crippen LogP contribution in [0.5, 0.6) is 0 Å². The topological polar surface area (TPSA) is 75.6 Å². The largest absolute Gasteiger partial charge is 0.480 e. The van der Waals surface area contributed by atoms with Gasteiger partial charge >= 0.3 is 12.1 Å². The predicted octanol–water partition coefficient (Wildman–Crippen LogP) is 5.16. The molecule has 1 amide bonds. The third-order valence-corrected chi connectivity index (χ3v) is 6.40. The summed E-state index contributed by atoms with van der Waals surface area (Å²) in [6.07, 6.45) is -0.405. The highest BCUT2D eigenvalue weighted by molar-refractivity contribution is 7.99. The van der Waals surface area contributed by atoms with Crippen molar-refractivity contribution in [2.45, 2.75) is 23.3 Å². The molecular formula is C25H23NO4S. The Morgan fingerprint density at radius 3 is 2.10 bits per heavy atom. The maximum atomic E-state index is 12.4. The van der Waals surface area contributed by atoms with E-state index in [2.05, 4.69) is 17.4 Å². The van der Waals surface area contributed by atoms with Crippen LogP contribution in [0, 0.1) is 0 Å². The number of carbonyl (C=O) groups excluding carboxylic acids is 1. The molecular weight excluding hydrogens is 410 g/mol. The molecule has 1 aliphatic carbocycles. The normalized spacial score (nSPS) is 13.2. The van der Waals surface area contributed by atoms with Crippen molar-refractivity contribution in [3.8, 4) is 11.1 Å². The average molecular weight is 434 g/mol. The van der Waals surface area contributed by atoms with Crippen molar-refractivity contribution in [2.75, 3.05) is 12.4 Å². The van der Waals surface area contributed by atoms with Gasteiger partial charge in [-0.05, 0) is 40.8 Å². The Hall–Kier alpha value is -3.25. The van der Waals surface area contributed by atoms with E-state index in [0.29, 0.717) is 12.2 Å². The van der Waals surface area contributed by atoms with Gasteiger partial charge in [-0.15, -0.1) is 11.8 Å². The molecule has 0 spiro atoms. The smallest absolute Gasteiger partial charge is 0.407 e. The fourth-order valence-corrected chi connectivity index (χ4v) is 4.79. The lowest BCUT2D eigenvalue weighted by Gasteiger charge is -2.17. The standard InChI is InChI=1S/C25H23NO4S/c27-24(28)23(14-15-31-17-8-2-1-3-9-17)26-25(29)30-16-22-20-12-6-4-10-18(20)19-11-5-7-13-21(19)22/h1-13,22-23H,14-16H2,(H,26,29)(H,27,28)/t23-/m1/s1. The molecule has 0 bridgehead atoms. The molecule has 0 aromatic heterocycles. The average Bonchev–Trinajstić information content (AvgIpc) is 3.11. The highest BCUT2D eigenvalue weighted by Crippen LogP contribution is 2.44. The van der Waals surface area contributed by atoms with E-state index >= 15 is 0 Å². The van der Waals surface area contributed by atoms with Crippen molar-refractivity contribution >= 4 is 23.8 Å². The van der Waals surface area contributed by atoms with Gasteiger partial charge in [-0.2, -0.15) is 0 Å². The number of fused-ring (bicyclic) bond motifs is 3. The van der Waals surface area contributed by atoms with Crippen LogP contribution in [0.25, 0.3) is 11.1 Å². The van der Waals surface area contributed by atoms with Crippen molar-refractivity contribution in [3.63, 3.8) is 0 Å². The Kier molecular flexibility index (Phi) is 6.57. The summed E-state index contributed by atoms with van der Waals surface area (Å²) in [4.78, 5) is 25.0. The summed E-state index contributed by atoms with van der Waals surface area (Å²) in [5.74, 6) is -0.554. The Balaban J connectivity index is 1.34. The summed E-state index contributed by atoms with van der Waals surface area (Å²) >= 11 is 1.56. The summed E-state index contributed by atoms with van der Waals surface area (Å²) in [6, 6.07) is 24.9. The fraction of sp³-hybridized carbons (Fsp3) is 0.200. The first kappa shape index (κ1) is 21.0. The van der Waals surface area contributed by atoms with Gasteiger partial charge in [0.25, 0.3) is 0 Å². The van der Waals surface area contributed by atoms with Crippen LogP contribution in [0.2, 0.25) is 0 Å². The molecule has 6 heteroatoms. The second-order valence-electron chi connectivity index (χ2n) is 7.31. The lowest BCUT2D eigenvalue weighted by atomic mass is 9.98. The van der Waals surface area contributed by atoms with E-state index in [9.17, 15) is 14.7 Å². The lowest BCUT2D eigenvalue weighted by Crippen LogP contribution is -2.41. The van der Waals surface area contributed by atoms with Crippen LogP contribution in [0.1, 0.15) is 23.5 Å². The minimum absolute atomic E-state index is 0.0601. The Morgan fingerprint density at radius 2 is 1.48 bits per heavy atom. The number of carboxylic acids is 1. The number of amides is 1. The van der Waals surface area contributed by atoms with E-state index in [1.165, 1.54) is 0 Å². The van der Waals surface area contributed by atoms with Crippen LogP contribution >= 0.6 is 11.8 Å². The number of hydrogen-bond donors (Lipinski definition) is 2. The molecule has 0 fully saturated rings. The maximum absolute atomic E-state index is 12.4. The first-order chi connectivity index (χ1) is 15.1. The van der Waals surface area contributed by atoms with Crippen molar-refractivity contribution < 1.29 is 19.4 Å². The zero-order chi connectivity index (χ0) is 21.6. The van der Waals surface area contributed by atoms with Gasteiger partial charge in [0.15, 0.2) is 0 Å². The number of rotatable bonds is 8.